The monoisotopic (exact) mass is 526 g/mol. The number of carbonyl (C=O) groups excluding carboxylic acids is 1. The van der Waals surface area contributed by atoms with E-state index in [-0.39, 0.29) is 5.97 Å². The van der Waals surface area contributed by atoms with Crippen molar-refractivity contribution in [1.82, 2.24) is 0 Å². The fourth-order valence-corrected chi connectivity index (χ4v) is 5.11. The van der Waals surface area contributed by atoms with Gasteiger partial charge in [0, 0.05) is 24.3 Å². The van der Waals surface area contributed by atoms with Crippen LogP contribution in [0.25, 0.3) is 0 Å². The normalized spacial score (nSPS) is 10.0. The van der Waals surface area contributed by atoms with Crippen LogP contribution in [-0.2, 0) is 14.3 Å². The third-order valence-electron chi connectivity index (χ3n) is 5.36. The standard InChI is InChI=1S/C15H26O2S.C14H24O2S/c1-3-4-5-6-7-8-9-10-11-13-18-14-12-15(16)17-2;1-2-3-4-5-6-7-8-9-10-12-17-13-11-14(15)16/h1H,4-14H2,2H3;1H,3-13H2,(H,15,16). The molecule has 0 unspecified atom stereocenters. The summed E-state index contributed by atoms with van der Waals surface area (Å²) >= 11 is 3.60. The third-order valence-corrected chi connectivity index (χ3v) is 7.50. The summed E-state index contributed by atoms with van der Waals surface area (Å²) in [6, 6.07) is 0. The number of aliphatic carboxylic acids is 1. The molecule has 0 atom stereocenters. The summed E-state index contributed by atoms with van der Waals surface area (Å²) in [5, 5.41) is 8.45. The van der Waals surface area contributed by atoms with Crippen LogP contribution in [0.15, 0.2) is 0 Å². The number of terminal acetylenes is 2. The van der Waals surface area contributed by atoms with Crippen molar-refractivity contribution in [3.05, 3.63) is 0 Å². The number of carbonyl (C=O) groups is 2. The minimum Gasteiger partial charge on any atom is -0.481 e. The van der Waals surface area contributed by atoms with Gasteiger partial charge in [-0.25, -0.2) is 0 Å². The average molecular weight is 527 g/mol. The lowest BCUT2D eigenvalue weighted by Crippen LogP contribution is -2.01. The minimum atomic E-state index is -0.690. The van der Waals surface area contributed by atoms with Crippen molar-refractivity contribution in [2.75, 3.05) is 30.1 Å². The number of hydrogen-bond donors (Lipinski definition) is 1. The Bertz CT molecular complexity index is 552. The van der Waals surface area contributed by atoms with Crippen molar-refractivity contribution < 1.29 is 19.4 Å². The first-order chi connectivity index (χ1) is 17.1. The van der Waals surface area contributed by atoms with Crippen LogP contribution in [0.4, 0.5) is 0 Å². The first-order valence-electron chi connectivity index (χ1n) is 13.4. The van der Waals surface area contributed by atoms with Crippen LogP contribution in [0.1, 0.15) is 116 Å². The Balaban J connectivity index is 0. The van der Waals surface area contributed by atoms with E-state index < -0.39 is 5.97 Å². The van der Waals surface area contributed by atoms with Crippen molar-refractivity contribution >= 4 is 35.5 Å². The number of ether oxygens (including phenoxy) is 1. The van der Waals surface area contributed by atoms with Gasteiger partial charge in [-0.3, -0.25) is 9.59 Å². The van der Waals surface area contributed by atoms with Gasteiger partial charge in [0.2, 0.25) is 0 Å². The lowest BCUT2D eigenvalue weighted by Gasteiger charge is -2.02. The lowest BCUT2D eigenvalue weighted by molar-refractivity contribution is -0.140. The number of carboxylic acids is 1. The summed E-state index contributed by atoms with van der Waals surface area (Å²) in [6.07, 6.45) is 30.9. The molecule has 0 aliphatic carbocycles. The van der Waals surface area contributed by atoms with E-state index in [0.717, 1.165) is 35.9 Å². The molecule has 0 radical (unpaired) electrons. The largest absolute Gasteiger partial charge is 0.481 e. The maximum absolute atomic E-state index is 10.8. The molecule has 0 saturated heterocycles. The van der Waals surface area contributed by atoms with Crippen LogP contribution < -0.4 is 0 Å². The Kier molecular flexibility index (Phi) is 33.6. The summed E-state index contributed by atoms with van der Waals surface area (Å²) < 4.78 is 4.59. The van der Waals surface area contributed by atoms with Crippen molar-refractivity contribution in [2.24, 2.45) is 0 Å². The van der Waals surface area contributed by atoms with Gasteiger partial charge in [-0.1, -0.05) is 64.2 Å². The van der Waals surface area contributed by atoms with E-state index in [4.69, 9.17) is 18.0 Å². The van der Waals surface area contributed by atoms with E-state index >= 15 is 0 Å². The zero-order chi connectivity index (χ0) is 26.2. The highest BCUT2D eigenvalue weighted by Gasteiger charge is 1.99. The topological polar surface area (TPSA) is 63.6 Å². The number of hydrogen-bond acceptors (Lipinski definition) is 5. The Morgan fingerprint density at radius 3 is 1.37 bits per heavy atom. The molecule has 0 spiro atoms. The summed E-state index contributed by atoms with van der Waals surface area (Å²) in [6.45, 7) is 0. The van der Waals surface area contributed by atoms with E-state index in [0.29, 0.717) is 12.8 Å². The summed E-state index contributed by atoms with van der Waals surface area (Å²) in [4.78, 5) is 21.1. The third kappa shape index (κ3) is 37.5. The van der Waals surface area contributed by atoms with E-state index in [1.54, 1.807) is 11.8 Å². The molecule has 0 aliphatic heterocycles. The van der Waals surface area contributed by atoms with Gasteiger partial charge in [-0.05, 0) is 37.2 Å². The van der Waals surface area contributed by atoms with E-state index in [9.17, 15) is 9.59 Å². The number of methoxy groups -OCH3 is 1. The molecule has 0 bridgehead atoms. The first-order valence-corrected chi connectivity index (χ1v) is 15.7. The van der Waals surface area contributed by atoms with Crippen LogP contribution >= 0.6 is 23.5 Å². The smallest absolute Gasteiger partial charge is 0.306 e. The van der Waals surface area contributed by atoms with Gasteiger partial charge in [0.15, 0.2) is 0 Å². The average Bonchev–Trinajstić information content (AvgIpc) is 2.85. The molecule has 0 amide bonds. The first kappa shape index (κ1) is 35.9. The van der Waals surface area contributed by atoms with Gasteiger partial charge >= 0.3 is 11.9 Å². The highest BCUT2D eigenvalue weighted by atomic mass is 32.2. The van der Waals surface area contributed by atoms with Gasteiger partial charge in [-0.2, -0.15) is 23.5 Å². The molecule has 0 rings (SSSR count). The minimum absolute atomic E-state index is 0.102. The quantitative estimate of drug-likeness (QED) is 0.0781. The SMILES string of the molecule is C#CCCCCCCCCCSCCC(=O)O.C#CCCCCCCCCCSCCC(=O)OC. The Morgan fingerprint density at radius 2 is 1.00 bits per heavy atom. The Hall–Kier alpha value is -1.24. The predicted molar refractivity (Wildman–Crippen MR) is 155 cm³/mol. The molecular formula is C29H50O4S2. The van der Waals surface area contributed by atoms with Gasteiger partial charge in [-0.15, -0.1) is 24.7 Å². The molecule has 0 aromatic carbocycles. The van der Waals surface area contributed by atoms with Crippen molar-refractivity contribution in [2.45, 2.75) is 116 Å². The molecule has 202 valence electrons. The van der Waals surface area contributed by atoms with Crippen molar-refractivity contribution in [1.29, 1.82) is 0 Å². The maximum Gasteiger partial charge on any atom is 0.306 e. The highest BCUT2D eigenvalue weighted by Crippen LogP contribution is 2.13. The summed E-state index contributed by atoms with van der Waals surface area (Å²) in [5.41, 5.74) is 0. The second-order valence-electron chi connectivity index (χ2n) is 8.55. The molecule has 6 heteroatoms. The Labute approximate surface area is 224 Å². The van der Waals surface area contributed by atoms with Gasteiger partial charge < -0.3 is 9.84 Å². The predicted octanol–water partition coefficient (Wildman–Crippen LogP) is 7.99. The fourth-order valence-electron chi connectivity index (χ4n) is 3.25. The van der Waals surface area contributed by atoms with Crippen molar-refractivity contribution in [3.63, 3.8) is 0 Å². The molecule has 0 aromatic heterocycles. The van der Waals surface area contributed by atoms with E-state index in [1.165, 1.54) is 97.0 Å². The zero-order valence-corrected chi connectivity index (χ0v) is 23.8. The van der Waals surface area contributed by atoms with E-state index in [2.05, 4.69) is 16.6 Å². The number of esters is 1. The molecule has 0 aromatic rings. The molecule has 0 aliphatic rings. The molecule has 0 saturated carbocycles. The van der Waals surface area contributed by atoms with Crippen LogP contribution in [0.3, 0.4) is 0 Å². The lowest BCUT2D eigenvalue weighted by atomic mass is 10.1. The van der Waals surface area contributed by atoms with Gasteiger partial charge in [0.05, 0.1) is 20.0 Å². The second kappa shape index (κ2) is 32.8. The van der Waals surface area contributed by atoms with Crippen molar-refractivity contribution in [3.8, 4) is 24.7 Å². The molecule has 35 heavy (non-hydrogen) atoms. The zero-order valence-electron chi connectivity index (χ0n) is 22.2. The number of thioether (sulfide) groups is 2. The molecular weight excluding hydrogens is 476 g/mol. The fraction of sp³-hybridized carbons (Fsp3) is 0.793. The number of rotatable bonds is 24. The van der Waals surface area contributed by atoms with Crippen LogP contribution in [0.5, 0.6) is 0 Å². The molecule has 0 heterocycles. The summed E-state index contributed by atoms with van der Waals surface area (Å²) in [7, 11) is 1.44. The highest BCUT2D eigenvalue weighted by molar-refractivity contribution is 7.99. The summed E-state index contributed by atoms with van der Waals surface area (Å²) in [5.74, 6) is 8.45. The number of carboxylic acid groups (broad SMARTS) is 1. The number of unbranched alkanes of at least 4 members (excludes halogenated alkanes) is 14. The maximum atomic E-state index is 10.8. The van der Waals surface area contributed by atoms with Gasteiger partial charge in [0.25, 0.3) is 0 Å². The van der Waals surface area contributed by atoms with Crippen LogP contribution in [-0.4, -0.2) is 47.2 Å². The molecule has 1 N–H and O–H groups in total. The molecule has 0 fully saturated rings. The Morgan fingerprint density at radius 1 is 0.629 bits per heavy atom. The van der Waals surface area contributed by atoms with Crippen LogP contribution in [0.2, 0.25) is 0 Å². The van der Waals surface area contributed by atoms with Gasteiger partial charge in [0.1, 0.15) is 0 Å². The van der Waals surface area contributed by atoms with Crippen LogP contribution in [0, 0.1) is 24.7 Å². The molecule has 4 nitrogen and oxygen atoms in total. The van der Waals surface area contributed by atoms with E-state index in [1.807, 2.05) is 11.8 Å². The second-order valence-corrected chi connectivity index (χ2v) is 11.0.